The van der Waals surface area contributed by atoms with Crippen LogP contribution < -0.4 is 0 Å². The standard InChI is InChI=1S/C20H32/c1-7-20(15-9-12-18(4)5)16-10-14-19(6)13-8-11-17(2)3/h7,10-12,14,20H,1,6,8-9,13,15-16H2,2-5H3/b14-10+. The van der Waals surface area contributed by atoms with Gasteiger partial charge >= 0.3 is 0 Å². The van der Waals surface area contributed by atoms with Crippen LogP contribution in [0.3, 0.4) is 0 Å². The van der Waals surface area contributed by atoms with Crippen LogP contribution in [0.5, 0.6) is 0 Å². The predicted octanol–water partition coefficient (Wildman–Crippen LogP) is 6.78. The van der Waals surface area contributed by atoms with Crippen LogP contribution in [0.15, 0.2) is 60.3 Å². The van der Waals surface area contributed by atoms with Crippen LogP contribution in [-0.4, -0.2) is 0 Å². The van der Waals surface area contributed by atoms with Gasteiger partial charge in [-0.25, -0.2) is 0 Å². The van der Waals surface area contributed by atoms with Crippen LogP contribution >= 0.6 is 0 Å². The van der Waals surface area contributed by atoms with Gasteiger partial charge in [0.1, 0.15) is 0 Å². The van der Waals surface area contributed by atoms with Crippen LogP contribution in [0.2, 0.25) is 0 Å². The highest BCUT2D eigenvalue weighted by atomic mass is 14.1. The van der Waals surface area contributed by atoms with Gasteiger partial charge in [0.15, 0.2) is 0 Å². The van der Waals surface area contributed by atoms with Gasteiger partial charge in [-0.15, -0.1) is 6.58 Å². The Labute approximate surface area is 126 Å². The van der Waals surface area contributed by atoms with Crippen molar-refractivity contribution in [1.29, 1.82) is 0 Å². The van der Waals surface area contributed by atoms with Gasteiger partial charge < -0.3 is 0 Å². The molecular weight excluding hydrogens is 240 g/mol. The van der Waals surface area contributed by atoms with Gasteiger partial charge in [-0.1, -0.05) is 53.7 Å². The summed E-state index contributed by atoms with van der Waals surface area (Å²) in [4.78, 5) is 0. The van der Waals surface area contributed by atoms with Crippen LogP contribution in [-0.2, 0) is 0 Å². The van der Waals surface area contributed by atoms with E-state index >= 15 is 0 Å². The molecule has 0 heteroatoms. The van der Waals surface area contributed by atoms with Crippen molar-refractivity contribution < 1.29 is 0 Å². The fraction of sp³-hybridized carbons (Fsp3) is 0.500. The fourth-order valence-electron chi connectivity index (χ4n) is 1.96. The maximum absolute atomic E-state index is 4.11. The molecule has 1 unspecified atom stereocenters. The Balaban J connectivity index is 4.00. The quantitative estimate of drug-likeness (QED) is 0.303. The topological polar surface area (TPSA) is 0 Å². The molecule has 0 rings (SSSR count). The molecule has 20 heavy (non-hydrogen) atoms. The highest BCUT2D eigenvalue weighted by Crippen LogP contribution is 2.15. The first kappa shape index (κ1) is 18.7. The molecular formula is C20H32. The van der Waals surface area contributed by atoms with Gasteiger partial charge in [0, 0.05) is 0 Å². The summed E-state index contributed by atoms with van der Waals surface area (Å²) in [5.41, 5.74) is 4.00. The maximum atomic E-state index is 4.11. The van der Waals surface area contributed by atoms with E-state index < -0.39 is 0 Å². The Kier molecular flexibility index (Phi) is 10.8. The summed E-state index contributed by atoms with van der Waals surface area (Å²) in [5.74, 6) is 0.576. The molecule has 0 aromatic carbocycles. The zero-order valence-corrected chi connectivity index (χ0v) is 13.9. The number of hydrogen-bond donors (Lipinski definition) is 0. The lowest BCUT2D eigenvalue weighted by atomic mass is 9.98. The van der Waals surface area contributed by atoms with Crippen molar-refractivity contribution >= 4 is 0 Å². The molecule has 0 saturated heterocycles. The maximum Gasteiger partial charge on any atom is -0.0199 e. The second-order valence-corrected chi connectivity index (χ2v) is 5.97. The molecule has 0 radical (unpaired) electrons. The van der Waals surface area contributed by atoms with Gasteiger partial charge in [-0.2, -0.15) is 0 Å². The second kappa shape index (κ2) is 11.5. The van der Waals surface area contributed by atoms with E-state index in [4.69, 9.17) is 0 Å². The number of hydrogen-bond acceptors (Lipinski definition) is 0. The van der Waals surface area contributed by atoms with Crippen LogP contribution in [0.1, 0.15) is 59.8 Å². The SMILES string of the molecule is C=CC(C/C=C/C(=C)CCC=C(C)C)CCC=C(C)C. The van der Waals surface area contributed by atoms with Gasteiger partial charge in [0.25, 0.3) is 0 Å². The molecule has 112 valence electrons. The molecule has 0 amide bonds. The number of allylic oxidation sites excluding steroid dienone is 8. The predicted molar refractivity (Wildman–Crippen MR) is 93.9 cm³/mol. The normalized spacial score (nSPS) is 12.0. The first-order valence-electron chi connectivity index (χ1n) is 7.69. The summed E-state index contributed by atoms with van der Waals surface area (Å²) in [6, 6.07) is 0. The zero-order chi connectivity index (χ0) is 15.4. The van der Waals surface area contributed by atoms with Gasteiger partial charge in [0.05, 0.1) is 0 Å². The van der Waals surface area contributed by atoms with E-state index in [9.17, 15) is 0 Å². The highest BCUT2D eigenvalue weighted by molar-refractivity contribution is 5.15. The Morgan fingerprint density at radius 1 is 1.00 bits per heavy atom. The first-order chi connectivity index (χ1) is 9.45. The van der Waals surface area contributed by atoms with E-state index in [0.717, 1.165) is 25.7 Å². The molecule has 0 fully saturated rings. The lowest BCUT2D eigenvalue weighted by molar-refractivity contribution is 0.606. The fourth-order valence-corrected chi connectivity index (χ4v) is 1.96. The van der Waals surface area contributed by atoms with Gasteiger partial charge in [0.2, 0.25) is 0 Å². The molecule has 0 bridgehead atoms. The van der Waals surface area contributed by atoms with E-state index in [0.29, 0.717) is 5.92 Å². The smallest absolute Gasteiger partial charge is 0.0199 e. The Morgan fingerprint density at radius 3 is 2.15 bits per heavy atom. The summed E-state index contributed by atoms with van der Waals surface area (Å²) >= 11 is 0. The minimum atomic E-state index is 0.576. The van der Waals surface area contributed by atoms with Crippen molar-refractivity contribution in [3.63, 3.8) is 0 Å². The average molecular weight is 272 g/mol. The third-order valence-electron chi connectivity index (χ3n) is 3.23. The molecule has 0 nitrogen and oxygen atoms in total. The minimum Gasteiger partial charge on any atom is -0.103 e. The Hall–Kier alpha value is -1.30. The third-order valence-corrected chi connectivity index (χ3v) is 3.23. The number of rotatable bonds is 10. The summed E-state index contributed by atoms with van der Waals surface area (Å²) in [6.45, 7) is 16.6. The van der Waals surface area contributed by atoms with Crippen molar-refractivity contribution in [2.24, 2.45) is 5.92 Å². The monoisotopic (exact) mass is 272 g/mol. The van der Waals surface area contributed by atoms with Gasteiger partial charge in [-0.05, 0) is 65.7 Å². The lowest BCUT2D eigenvalue weighted by Crippen LogP contribution is -1.93. The van der Waals surface area contributed by atoms with Crippen molar-refractivity contribution in [3.8, 4) is 0 Å². The van der Waals surface area contributed by atoms with E-state index in [1.807, 2.05) is 0 Å². The molecule has 0 aliphatic heterocycles. The van der Waals surface area contributed by atoms with E-state index in [2.05, 4.69) is 71.2 Å². The molecule has 0 spiro atoms. The average Bonchev–Trinajstić information content (AvgIpc) is 2.36. The molecule has 0 N–H and O–H groups in total. The van der Waals surface area contributed by atoms with Gasteiger partial charge in [-0.3, -0.25) is 0 Å². The van der Waals surface area contributed by atoms with Crippen molar-refractivity contribution in [1.82, 2.24) is 0 Å². The zero-order valence-electron chi connectivity index (χ0n) is 13.9. The minimum absolute atomic E-state index is 0.576. The Bertz CT molecular complexity index is 369. The van der Waals surface area contributed by atoms with E-state index in [1.54, 1.807) is 0 Å². The molecule has 0 heterocycles. The lowest BCUT2D eigenvalue weighted by Gasteiger charge is -2.08. The van der Waals surface area contributed by atoms with Crippen LogP contribution in [0, 0.1) is 5.92 Å². The van der Waals surface area contributed by atoms with Crippen LogP contribution in [0.4, 0.5) is 0 Å². The van der Waals surface area contributed by atoms with Crippen molar-refractivity contribution in [2.45, 2.75) is 59.8 Å². The van der Waals surface area contributed by atoms with Crippen molar-refractivity contribution in [2.75, 3.05) is 0 Å². The molecule has 0 aliphatic carbocycles. The molecule has 0 aromatic rings. The van der Waals surface area contributed by atoms with Crippen molar-refractivity contribution in [3.05, 3.63) is 60.3 Å². The summed E-state index contributed by atoms with van der Waals surface area (Å²) in [5, 5.41) is 0. The molecule has 0 aliphatic rings. The largest absolute Gasteiger partial charge is 0.103 e. The molecule has 0 aromatic heterocycles. The molecule has 0 saturated carbocycles. The summed E-state index contributed by atoms with van der Waals surface area (Å²) in [6.07, 6.45) is 16.6. The first-order valence-corrected chi connectivity index (χ1v) is 7.69. The third kappa shape index (κ3) is 11.8. The van der Waals surface area contributed by atoms with E-state index in [-0.39, 0.29) is 0 Å². The second-order valence-electron chi connectivity index (χ2n) is 5.97. The summed E-state index contributed by atoms with van der Waals surface area (Å²) < 4.78 is 0. The van der Waals surface area contributed by atoms with E-state index in [1.165, 1.54) is 23.1 Å². The highest BCUT2D eigenvalue weighted by Gasteiger charge is 2.00. The Morgan fingerprint density at radius 2 is 1.60 bits per heavy atom. The summed E-state index contributed by atoms with van der Waals surface area (Å²) in [7, 11) is 0. The molecule has 1 atom stereocenters. The van der Waals surface area contributed by atoms with Crippen LogP contribution in [0.25, 0.3) is 0 Å².